The van der Waals surface area contributed by atoms with E-state index >= 15 is 0 Å². The van der Waals surface area contributed by atoms with Crippen LogP contribution in [0.25, 0.3) is 0 Å². The molecule has 0 bridgehead atoms. The van der Waals surface area contributed by atoms with Crippen LogP contribution in [0.3, 0.4) is 0 Å². The van der Waals surface area contributed by atoms with E-state index in [0.29, 0.717) is 40.0 Å². The van der Waals surface area contributed by atoms with Crippen molar-refractivity contribution in [3.63, 3.8) is 0 Å². The maximum atomic E-state index is 13.7. The number of carbonyl (C=O) groups is 2. The Hall–Kier alpha value is -3.76. The summed E-state index contributed by atoms with van der Waals surface area (Å²) in [6.45, 7) is 3.13. The van der Waals surface area contributed by atoms with Gasteiger partial charge in [-0.2, -0.15) is 0 Å². The predicted molar refractivity (Wildman–Crippen MR) is 153 cm³/mol. The molecule has 0 unspecified atom stereocenters. The maximum Gasteiger partial charge on any atom is 0.338 e. The van der Waals surface area contributed by atoms with Gasteiger partial charge in [0.1, 0.15) is 6.61 Å². The molecule has 0 spiro atoms. The molecule has 0 aromatic heterocycles. The third-order valence-corrected chi connectivity index (χ3v) is 7.94. The molecule has 10 heteroatoms. The number of amidine groups is 1. The number of rotatable bonds is 10. The second-order valence-electron chi connectivity index (χ2n) is 9.65. The van der Waals surface area contributed by atoms with Gasteiger partial charge in [0.25, 0.3) is 0 Å². The number of methoxy groups -OCH3 is 2. The summed E-state index contributed by atoms with van der Waals surface area (Å²) >= 11 is 1.42. The van der Waals surface area contributed by atoms with Crippen molar-refractivity contribution in [2.45, 2.75) is 44.9 Å². The fourth-order valence-electron chi connectivity index (χ4n) is 5.11. The summed E-state index contributed by atoms with van der Waals surface area (Å²) in [4.78, 5) is 33.4. The van der Waals surface area contributed by atoms with E-state index in [1.165, 1.54) is 11.8 Å². The van der Waals surface area contributed by atoms with Gasteiger partial charge in [0.05, 0.1) is 44.1 Å². The normalized spacial score (nSPS) is 20.0. The second kappa shape index (κ2) is 12.6. The monoisotopic (exact) mass is 563 g/mol. The van der Waals surface area contributed by atoms with Crippen molar-refractivity contribution in [3.8, 4) is 11.5 Å². The number of aliphatic imine (C=N–C) groups is 1. The fraction of sp³-hybridized carbons (Fsp3) is 0.367. The molecule has 40 heavy (non-hydrogen) atoms. The van der Waals surface area contributed by atoms with Crippen LogP contribution in [0.2, 0.25) is 0 Å². The van der Waals surface area contributed by atoms with Gasteiger partial charge in [-0.1, -0.05) is 54.2 Å². The number of thioether (sulfide) groups is 1. The van der Waals surface area contributed by atoms with Crippen LogP contribution in [0, 0.1) is 0 Å². The average Bonchev–Trinajstić information content (AvgIpc) is 3.64. The van der Waals surface area contributed by atoms with Gasteiger partial charge in [0.15, 0.2) is 16.7 Å². The third-order valence-electron chi connectivity index (χ3n) is 7.05. The summed E-state index contributed by atoms with van der Waals surface area (Å²) in [5, 5.41) is 5.58. The number of nitrogens with one attached hydrogen (secondary N) is 1. The Morgan fingerprint density at radius 3 is 2.67 bits per heavy atom. The van der Waals surface area contributed by atoms with Gasteiger partial charge in [-0.05, 0) is 36.8 Å². The maximum absolute atomic E-state index is 13.7. The Kier molecular flexibility index (Phi) is 8.76. The summed E-state index contributed by atoms with van der Waals surface area (Å²) in [6.07, 6.45) is 2.12. The summed E-state index contributed by atoms with van der Waals surface area (Å²) in [5.41, 5.74) is 3.23. The van der Waals surface area contributed by atoms with Crippen LogP contribution in [0.5, 0.6) is 11.5 Å². The van der Waals surface area contributed by atoms with Crippen molar-refractivity contribution in [1.82, 2.24) is 10.2 Å². The molecule has 0 aliphatic carbocycles. The Balaban J connectivity index is 1.46. The van der Waals surface area contributed by atoms with E-state index in [1.807, 2.05) is 52.8 Å². The van der Waals surface area contributed by atoms with Crippen molar-refractivity contribution in [2.24, 2.45) is 4.99 Å². The first-order chi connectivity index (χ1) is 19.5. The highest BCUT2D eigenvalue weighted by atomic mass is 32.2. The first kappa shape index (κ1) is 27.8. The highest BCUT2D eigenvalue weighted by molar-refractivity contribution is 8.16. The molecule has 210 valence electrons. The van der Waals surface area contributed by atoms with Crippen LogP contribution >= 0.6 is 11.8 Å². The lowest BCUT2D eigenvalue weighted by Crippen LogP contribution is -2.39. The van der Waals surface area contributed by atoms with E-state index in [-0.39, 0.29) is 25.0 Å². The minimum absolute atomic E-state index is 0.0494. The van der Waals surface area contributed by atoms with Crippen LogP contribution in [0.15, 0.2) is 75.9 Å². The second-order valence-corrected chi connectivity index (χ2v) is 10.5. The topological polar surface area (TPSA) is 98.7 Å². The number of fused-ring (bicyclic) bond motifs is 1. The molecule has 3 aliphatic heterocycles. The van der Waals surface area contributed by atoms with Crippen LogP contribution in [-0.2, 0) is 25.7 Å². The molecule has 9 nitrogen and oxygen atoms in total. The molecular formula is C30H33N3O6S. The van der Waals surface area contributed by atoms with Crippen molar-refractivity contribution in [3.05, 3.63) is 82.0 Å². The fourth-order valence-corrected chi connectivity index (χ4v) is 6.08. The Morgan fingerprint density at radius 1 is 1.12 bits per heavy atom. The van der Waals surface area contributed by atoms with E-state index in [0.717, 1.165) is 30.7 Å². The number of hydrogen-bond donors (Lipinski definition) is 1. The van der Waals surface area contributed by atoms with E-state index in [4.69, 9.17) is 23.9 Å². The molecule has 0 radical (unpaired) electrons. The molecular weight excluding hydrogens is 530 g/mol. The van der Waals surface area contributed by atoms with Gasteiger partial charge in [-0.25, -0.2) is 9.79 Å². The van der Waals surface area contributed by atoms with Gasteiger partial charge < -0.3 is 29.2 Å². The van der Waals surface area contributed by atoms with Crippen LogP contribution in [0.1, 0.15) is 43.4 Å². The van der Waals surface area contributed by atoms with Crippen LogP contribution in [0.4, 0.5) is 0 Å². The zero-order chi connectivity index (χ0) is 28.1. The number of benzene rings is 2. The zero-order valence-corrected chi connectivity index (χ0v) is 23.7. The summed E-state index contributed by atoms with van der Waals surface area (Å²) in [5.74, 6) is 0.416. The largest absolute Gasteiger partial charge is 0.493 e. The quantitative estimate of drug-likeness (QED) is 0.415. The Bertz CT molecular complexity index is 1350. The molecule has 0 saturated carbocycles. The number of esters is 1. The molecule has 1 amide bonds. The van der Waals surface area contributed by atoms with Crippen molar-refractivity contribution < 1.29 is 28.5 Å². The van der Waals surface area contributed by atoms with Gasteiger partial charge in [0.2, 0.25) is 5.91 Å². The summed E-state index contributed by atoms with van der Waals surface area (Å²) in [6, 6.07) is 14.4. The standard InChI is InChI=1S/C30H33N3O6S/c1-19-26(29(35)39-17-20-9-5-4-6-10-20)27(23-12-7-13-24(36-2)28(23)37-3)33-21(18-40-30(33)32-19)15-25(34)31-16-22-11-8-14-38-22/h4-7,9-10,12-13,18,22,27H,8,11,14-17H2,1-3H3,(H,31,34)/t22-,27+/m0/s1. The molecule has 3 heterocycles. The number of nitrogens with zero attached hydrogens (tertiary/aromatic N) is 2. The van der Waals surface area contributed by atoms with E-state index in [2.05, 4.69) is 5.32 Å². The molecule has 1 fully saturated rings. The molecule has 3 aliphatic rings. The first-order valence-corrected chi connectivity index (χ1v) is 14.1. The third kappa shape index (κ3) is 5.88. The Morgan fingerprint density at radius 2 is 1.95 bits per heavy atom. The van der Waals surface area contributed by atoms with Crippen molar-refractivity contribution >= 4 is 28.8 Å². The smallest absolute Gasteiger partial charge is 0.338 e. The lowest BCUT2D eigenvalue weighted by Gasteiger charge is -2.37. The van der Waals surface area contributed by atoms with E-state index in [9.17, 15) is 9.59 Å². The molecule has 1 N–H and O–H groups in total. The van der Waals surface area contributed by atoms with Crippen molar-refractivity contribution in [1.29, 1.82) is 0 Å². The Labute approximate surface area is 238 Å². The molecule has 1 saturated heterocycles. The van der Waals surface area contributed by atoms with Gasteiger partial charge in [0, 0.05) is 24.4 Å². The van der Waals surface area contributed by atoms with Gasteiger partial charge in [-0.15, -0.1) is 0 Å². The van der Waals surface area contributed by atoms with Crippen LogP contribution in [-0.4, -0.2) is 55.4 Å². The lowest BCUT2D eigenvalue weighted by molar-refractivity contribution is -0.141. The highest BCUT2D eigenvalue weighted by Gasteiger charge is 2.42. The minimum atomic E-state index is -0.645. The van der Waals surface area contributed by atoms with E-state index in [1.54, 1.807) is 27.2 Å². The van der Waals surface area contributed by atoms with Gasteiger partial charge >= 0.3 is 5.97 Å². The van der Waals surface area contributed by atoms with Gasteiger partial charge in [-0.3, -0.25) is 4.79 Å². The predicted octanol–water partition coefficient (Wildman–Crippen LogP) is 4.71. The number of allylic oxidation sites excluding steroid dienone is 1. The number of carbonyl (C=O) groups excluding carboxylic acids is 2. The zero-order valence-electron chi connectivity index (χ0n) is 22.8. The molecule has 2 atom stereocenters. The summed E-state index contributed by atoms with van der Waals surface area (Å²) in [7, 11) is 3.14. The number of para-hydroxylation sites is 1. The minimum Gasteiger partial charge on any atom is -0.493 e. The summed E-state index contributed by atoms with van der Waals surface area (Å²) < 4.78 is 22.8. The number of amides is 1. The molecule has 2 aromatic carbocycles. The SMILES string of the molecule is COc1cccc([C@@H]2C(C(=O)OCc3ccccc3)=C(C)N=C3SC=C(CC(=O)NC[C@@H]4CCCO4)N32)c1OC. The first-order valence-electron chi connectivity index (χ1n) is 13.2. The number of ether oxygens (including phenoxy) is 4. The average molecular weight is 564 g/mol. The molecule has 2 aromatic rings. The lowest BCUT2D eigenvalue weighted by atomic mass is 9.92. The molecule has 5 rings (SSSR count). The highest BCUT2D eigenvalue weighted by Crippen LogP contribution is 2.48. The van der Waals surface area contributed by atoms with Crippen molar-refractivity contribution in [2.75, 3.05) is 27.4 Å². The number of hydrogen-bond acceptors (Lipinski definition) is 9. The van der Waals surface area contributed by atoms with E-state index < -0.39 is 12.0 Å². The van der Waals surface area contributed by atoms with Crippen LogP contribution < -0.4 is 14.8 Å².